The fraction of sp³-hybridized carbons (Fsp3) is 0.750. The molecule has 1 aliphatic carbocycles. The monoisotopic (exact) mass is 237 g/mol. The van der Waals surface area contributed by atoms with Gasteiger partial charge < -0.3 is 5.32 Å². The normalized spacial score (nSPS) is 31.1. The molecule has 1 saturated heterocycles. The fourth-order valence-corrected chi connectivity index (χ4v) is 3.26. The topological polar surface area (TPSA) is 28.2 Å². The third-order valence-electron chi connectivity index (χ3n) is 3.66. The van der Waals surface area contributed by atoms with E-state index in [-0.39, 0.29) is 0 Å². The van der Waals surface area contributed by atoms with Crippen molar-refractivity contribution in [2.45, 2.75) is 50.9 Å². The number of nitrogens with zero attached hydrogens (tertiary/aromatic N) is 2. The summed E-state index contributed by atoms with van der Waals surface area (Å²) in [7, 11) is 0. The Balaban J connectivity index is 1.49. The lowest BCUT2D eigenvalue weighted by atomic mass is 10.2. The predicted octanol–water partition coefficient (Wildman–Crippen LogP) is 1.86. The maximum Gasteiger partial charge on any atom is 0.106 e. The molecule has 0 spiro atoms. The minimum absolute atomic E-state index is 0.666. The molecular formula is C12H19N3S. The van der Waals surface area contributed by atoms with Crippen LogP contribution in [0.3, 0.4) is 0 Å². The van der Waals surface area contributed by atoms with Crippen molar-refractivity contribution in [2.24, 2.45) is 0 Å². The third-order valence-corrected chi connectivity index (χ3v) is 4.44. The number of rotatable bonds is 4. The van der Waals surface area contributed by atoms with Gasteiger partial charge in [0.25, 0.3) is 0 Å². The molecule has 1 aliphatic heterocycles. The molecule has 3 rings (SSSR count). The van der Waals surface area contributed by atoms with E-state index in [2.05, 4.69) is 22.1 Å². The van der Waals surface area contributed by atoms with Crippen LogP contribution in [0.1, 0.15) is 31.2 Å². The first-order valence-corrected chi connectivity index (χ1v) is 7.08. The molecule has 0 radical (unpaired) electrons. The van der Waals surface area contributed by atoms with E-state index in [4.69, 9.17) is 0 Å². The molecule has 0 amide bonds. The summed E-state index contributed by atoms with van der Waals surface area (Å²) in [4.78, 5) is 6.99. The van der Waals surface area contributed by atoms with Crippen LogP contribution in [-0.2, 0) is 6.54 Å². The Morgan fingerprint density at radius 2 is 2.44 bits per heavy atom. The third kappa shape index (κ3) is 2.29. The van der Waals surface area contributed by atoms with Crippen molar-refractivity contribution in [3.63, 3.8) is 0 Å². The molecule has 1 N–H and O–H groups in total. The maximum absolute atomic E-state index is 4.31. The van der Waals surface area contributed by atoms with Gasteiger partial charge in [0.05, 0.1) is 0 Å². The highest BCUT2D eigenvalue weighted by Crippen LogP contribution is 2.33. The first-order valence-electron chi connectivity index (χ1n) is 6.20. The zero-order valence-corrected chi connectivity index (χ0v) is 10.5. The molecule has 4 heteroatoms. The first kappa shape index (κ1) is 10.7. The van der Waals surface area contributed by atoms with Crippen molar-refractivity contribution in [1.29, 1.82) is 0 Å². The highest BCUT2D eigenvalue weighted by Gasteiger charge is 2.38. The summed E-state index contributed by atoms with van der Waals surface area (Å²) in [5.41, 5.74) is 0. The van der Waals surface area contributed by atoms with E-state index < -0.39 is 0 Å². The smallest absolute Gasteiger partial charge is 0.106 e. The molecule has 3 nitrogen and oxygen atoms in total. The molecule has 1 saturated carbocycles. The van der Waals surface area contributed by atoms with Crippen LogP contribution in [0.15, 0.2) is 11.6 Å². The zero-order valence-electron chi connectivity index (χ0n) is 9.72. The summed E-state index contributed by atoms with van der Waals surface area (Å²) in [6, 6.07) is 2.34. The molecule has 2 unspecified atom stereocenters. The van der Waals surface area contributed by atoms with E-state index >= 15 is 0 Å². The molecule has 2 aliphatic rings. The Hall–Kier alpha value is -0.450. The van der Waals surface area contributed by atoms with Gasteiger partial charge in [-0.2, -0.15) is 0 Å². The summed E-state index contributed by atoms with van der Waals surface area (Å²) in [5, 5.41) is 6.89. The van der Waals surface area contributed by atoms with Crippen LogP contribution in [0.2, 0.25) is 0 Å². The highest BCUT2D eigenvalue weighted by atomic mass is 32.1. The molecule has 2 fully saturated rings. The second kappa shape index (κ2) is 4.43. The van der Waals surface area contributed by atoms with Crippen LogP contribution in [0.4, 0.5) is 0 Å². The van der Waals surface area contributed by atoms with Gasteiger partial charge in [0.2, 0.25) is 0 Å². The minimum Gasteiger partial charge on any atom is -0.306 e. The summed E-state index contributed by atoms with van der Waals surface area (Å²) in [6.45, 7) is 4.54. The number of nitrogens with one attached hydrogen (secondary N) is 1. The summed E-state index contributed by atoms with van der Waals surface area (Å²) in [5.74, 6) is 0. The molecule has 88 valence electrons. The van der Waals surface area contributed by atoms with Crippen LogP contribution < -0.4 is 5.32 Å². The van der Waals surface area contributed by atoms with Gasteiger partial charge >= 0.3 is 0 Å². The van der Waals surface area contributed by atoms with Gasteiger partial charge in [-0.1, -0.05) is 0 Å². The van der Waals surface area contributed by atoms with E-state index in [0.29, 0.717) is 6.04 Å². The van der Waals surface area contributed by atoms with Crippen molar-refractivity contribution < 1.29 is 0 Å². The van der Waals surface area contributed by atoms with Gasteiger partial charge in [0, 0.05) is 42.8 Å². The molecule has 16 heavy (non-hydrogen) atoms. The number of likely N-dealkylation sites (tertiary alicyclic amines) is 1. The lowest BCUT2D eigenvalue weighted by Crippen LogP contribution is -2.33. The number of hydrogen-bond donors (Lipinski definition) is 1. The quantitative estimate of drug-likeness (QED) is 0.866. The lowest BCUT2D eigenvalue weighted by Gasteiger charge is -2.19. The van der Waals surface area contributed by atoms with Gasteiger partial charge in [-0.3, -0.25) is 4.90 Å². The van der Waals surface area contributed by atoms with Crippen molar-refractivity contribution in [2.75, 3.05) is 6.54 Å². The summed E-state index contributed by atoms with van der Waals surface area (Å²) >= 11 is 1.74. The zero-order chi connectivity index (χ0) is 11.0. The second-order valence-corrected chi connectivity index (χ2v) is 6.00. The van der Waals surface area contributed by atoms with Gasteiger partial charge in [-0.05, 0) is 26.2 Å². The number of aromatic nitrogens is 1. The molecule has 0 aromatic carbocycles. The Labute approximate surface area is 101 Å². The SMILES string of the molecule is CC1CC(NCc2nccs2)CN1C1CC1. The predicted molar refractivity (Wildman–Crippen MR) is 66.5 cm³/mol. The number of thiazole rings is 1. The van der Waals surface area contributed by atoms with Crippen molar-refractivity contribution in [3.8, 4) is 0 Å². The molecule has 1 aromatic rings. The molecule has 2 atom stereocenters. The van der Waals surface area contributed by atoms with E-state index in [9.17, 15) is 0 Å². The van der Waals surface area contributed by atoms with Crippen LogP contribution in [0.5, 0.6) is 0 Å². The second-order valence-electron chi connectivity index (χ2n) is 5.02. The van der Waals surface area contributed by atoms with Crippen LogP contribution >= 0.6 is 11.3 Å². The van der Waals surface area contributed by atoms with E-state index in [1.807, 2.05) is 11.6 Å². The Kier molecular flexibility index (Phi) is 2.96. The fourth-order valence-electron chi connectivity index (χ4n) is 2.69. The van der Waals surface area contributed by atoms with Gasteiger partial charge in [-0.15, -0.1) is 11.3 Å². The highest BCUT2D eigenvalue weighted by molar-refractivity contribution is 7.09. The van der Waals surface area contributed by atoms with E-state index in [1.165, 1.54) is 30.8 Å². The van der Waals surface area contributed by atoms with Crippen molar-refractivity contribution in [3.05, 3.63) is 16.6 Å². The van der Waals surface area contributed by atoms with Crippen molar-refractivity contribution in [1.82, 2.24) is 15.2 Å². The minimum atomic E-state index is 0.666. The molecule has 1 aromatic heterocycles. The Morgan fingerprint density at radius 1 is 1.56 bits per heavy atom. The standard InChI is InChI=1S/C12H19N3S/c1-9-6-10(8-15(9)11-2-3-11)14-7-12-13-4-5-16-12/h4-5,9-11,14H,2-3,6-8H2,1H3. The Morgan fingerprint density at radius 3 is 3.12 bits per heavy atom. The van der Waals surface area contributed by atoms with Crippen LogP contribution in [0, 0.1) is 0 Å². The number of hydrogen-bond acceptors (Lipinski definition) is 4. The average Bonchev–Trinajstić information content (AvgIpc) is 2.85. The van der Waals surface area contributed by atoms with Gasteiger partial charge in [0.15, 0.2) is 0 Å². The van der Waals surface area contributed by atoms with Crippen molar-refractivity contribution >= 4 is 11.3 Å². The summed E-state index contributed by atoms with van der Waals surface area (Å²) in [6.07, 6.45) is 6.02. The lowest BCUT2D eigenvalue weighted by molar-refractivity contribution is 0.255. The van der Waals surface area contributed by atoms with E-state index in [1.54, 1.807) is 11.3 Å². The summed E-state index contributed by atoms with van der Waals surface area (Å²) < 4.78 is 0. The van der Waals surface area contributed by atoms with Crippen LogP contribution in [-0.4, -0.2) is 34.6 Å². The molecule has 2 heterocycles. The van der Waals surface area contributed by atoms with Gasteiger partial charge in [-0.25, -0.2) is 4.98 Å². The Bertz CT molecular complexity index is 334. The average molecular weight is 237 g/mol. The largest absolute Gasteiger partial charge is 0.306 e. The molecular weight excluding hydrogens is 218 g/mol. The maximum atomic E-state index is 4.31. The first-order chi connectivity index (χ1) is 7.83. The van der Waals surface area contributed by atoms with Crippen LogP contribution in [0.25, 0.3) is 0 Å². The van der Waals surface area contributed by atoms with E-state index in [0.717, 1.165) is 18.6 Å². The van der Waals surface area contributed by atoms with Gasteiger partial charge in [0.1, 0.15) is 5.01 Å². The molecule has 0 bridgehead atoms.